The first-order chi connectivity index (χ1) is 12.4. The third-order valence-corrected chi connectivity index (χ3v) is 5.30. The summed E-state index contributed by atoms with van der Waals surface area (Å²) >= 11 is 0. The molecule has 1 amide bonds. The highest BCUT2D eigenvalue weighted by molar-refractivity contribution is 5.99. The molecule has 0 bridgehead atoms. The number of amides is 1. The zero-order chi connectivity index (χ0) is 18.8. The quantitative estimate of drug-likeness (QED) is 0.788. The average molecular weight is 355 g/mol. The fraction of sp³-hybridized carbons (Fsp3) is 0.524. The van der Waals surface area contributed by atoms with Gasteiger partial charge in [0.25, 0.3) is 5.91 Å². The van der Waals surface area contributed by atoms with Crippen molar-refractivity contribution in [1.29, 1.82) is 0 Å². The number of rotatable bonds is 4. The van der Waals surface area contributed by atoms with Gasteiger partial charge in [-0.05, 0) is 58.4 Å². The standard InChI is InChI=1S/C21H29N3O2/c1-15(2)22-8-5-9-23(11-10-22)21(26)17-6-7-20-18(12-17)13-19(14-25)24(20)16(3)4/h6-7,12-16H,5,8-11H2,1-4H3. The third-order valence-electron chi connectivity index (χ3n) is 5.30. The number of aldehydes is 1. The third kappa shape index (κ3) is 3.54. The van der Waals surface area contributed by atoms with Crippen LogP contribution >= 0.6 is 0 Å². The highest BCUT2D eigenvalue weighted by Crippen LogP contribution is 2.25. The molecule has 1 saturated heterocycles. The lowest BCUT2D eigenvalue weighted by atomic mass is 10.1. The Morgan fingerprint density at radius 3 is 2.42 bits per heavy atom. The molecular weight excluding hydrogens is 326 g/mol. The highest BCUT2D eigenvalue weighted by Gasteiger charge is 2.22. The van der Waals surface area contributed by atoms with Crippen molar-refractivity contribution in [3.63, 3.8) is 0 Å². The fourth-order valence-electron chi connectivity index (χ4n) is 3.90. The second-order valence-electron chi connectivity index (χ2n) is 7.70. The van der Waals surface area contributed by atoms with Crippen molar-refractivity contribution in [2.75, 3.05) is 26.2 Å². The number of carbonyl (C=O) groups excluding carboxylic acids is 2. The maximum absolute atomic E-state index is 13.0. The van der Waals surface area contributed by atoms with Gasteiger partial charge in [0.1, 0.15) is 0 Å². The van der Waals surface area contributed by atoms with Crippen molar-refractivity contribution in [3.8, 4) is 0 Å². The smallest absolute Gasteiger partial charge is 0.253 e. The summed E-state index contributed by atoms with van der Waals surface area (Å²) in [5, 5.41) is 0.949. The van der Waals surface area contributed by atoms with Gasteiger partial charge < -0.3 is 9.47 Å². The average Bonchev–Trinajstić information content (AvgIpc) is 2.80. The predicted octanol–water partition coefficient (Wildman–Crippen LogP) is 3.59. The van der Waals surface area contributed by atoms with Crippen LogP contribution in [0, 0.1) is 0 Å². The van der Waals surface area contributed by atoms with Crippen molar-refractivity contribution in [1.82, 2.24) is 14.4 Å². The minimum absolute atomic E-state index is 0.0856. The van der Waals surface area contributed by atoms with Crippen LogP contribution in [0.25, 0.3) is 10.9 Å². The van der Waals surface area contributed by atoms with E-state index in [0.29, 0.717) is 17.3 Å². The molecule has 5 heteroatoms. The van der Waals surface area contributed by atoms with E-state index in [1.165, 1.54) is 0 Å². The molecule has 0 spiro atoms. The van der Waals surface area contributed by atoms with Gasteiger partial charge in [-0.25, -0.2) is 0 Å². The summed E-state index contributed by atoms with van der Waals surface area (Å²) in [4.78, 5) is 28.8. The van der Waals surface area contributed by atoms with Gasteiger partial charge in [0.2, 0.25) is 0 Å². The van der Waals surface area contributed by atoms with Gasteiger partial charge in [-0.2, -0.15) is 0 Å². The van der Waals surface area contributed by atoms with Crippen LogP contribution in [0.2, 0.25) is 0 Å². The molecule has 3 rings (SSSR count). The molecule has 0 radical (unpaired) electrons. The first-order valence-electron chi connectivity index (χ1n) is 9.56. The minimum atomic E-state index is 0.0856. The van der Waals surface area contributed by atoms with Gasteiger partial charge in [0, 0.05) is 54.7 Å². The maximum atomic E-state index is 13.0. The Morgan fingerprint density at radius 1 is 1.00 bits per heavy atom. The molecule has 1 aliphatic rings. The Labute approximate surface area is 155 Å². The van der Waals surface area contributed by atoms with Gasteiger partial charge in [-0.1, -0.05) is 0 Å². The topological polar surface area (TPSA) is 45.6 Å². The zero-order valence-electron chi connectivity index (χ0n) is 16.2. The van der Waals surface area contributed by atoms with Crippen LogP contribution < -0.4 is 0 Å². The molecule has 26 heavy (non-hydrogen) atoms. The Kier molecular flexibility index (Phi) is 5.47. The highest BCUT2D eigenvalue weighted by atomic mass is 16.2. The van der Waals surface area contributed by atoms with Crippen molar-refractivity contribution in [2.24, 2.45) is 0 Å². The Bertz CT molecular complexity index is 807. The number of benzene rings is 1. The van der Waals surface area contributed by atoms with Crippen LogP contribution in [-0.4, -0.2) is 58.8 Å². The summed E-state index contributed by atoms with van der Waals surface area (Å²) < 4.78 is 2.02. The Morgan fingerprint density at radius 2 is 1.77 bits per heavy atom. The van der Waals surface area contributed by atoms with E-state index in [0.717, 1.165) is 49.8 Å². The van der Waals surface area contributed by atoms with Crippen LogP contribution in [0.1, 0.15) is 61.0 Å². The monoisotopic (exact) mass is 355 g/mol. The van der Waals surface area contributed by atoms with E-state index in [4.69, 9.17) is 0 Å². The molecule has 0 atom stereocenters. The predicted molar refractivity (Wildman–Crippen MR) is 105 cm³/mol. The molecule has 0 aliphatic carbocycles. The molecule has 140 valence electrons. The number of fused-ring (bicyclic) bond motifs is 1. The van der Waals surface area contributed by atoms with Gasteiger partial charge >= 0.3 is 0 Å². The number of aromatic nitrogens is 1. The lowest BCUT2D eigenvalue weighted by Gasteiger charge is -2.25. The van der Waals surface area contributed by atoms with Gasteiger partial charge in [0.15, 0.2) is 6.29 Å². The van der Waals surface area contributed by atoms with Crippen LogP contribution in [0.5, 0.6) is 0 Å². The first kappa shape index (κ1) is 18.6. The number of hydrogen-bond acceptors (Lipinski definition) is 3. The normalized spacial score (nSPS) is 16.5. The van der Waals surface area contributed by atoms with Gasteiger partial charge in [0.05, 0.1) is 5.69 Å². The molecule has 1 aliphatic heterocycles. The van der Waals surface area contributed by atoms with E-state index in [1.807, 2.05) is 33.7 Å². The summed E-state index contributed by atoms with van der Waals surface area (Å²) in [5.74, 6) is 0.0856. The van der Waals surface area contributed by atoms with Crippen LogP contribution in [0.15, 0.2) is 24.3 Å². The molecule has 0 saturated carbocycles. The van der Waals surface area contributed by atoms with E-state index in [-0.39, 0.29) is 11.9 Å². The SMILES string of the molecule is CC(C)N1CCCN(C(=O)c2ccc3c(c2)cc(C=O)n3C(C)C)CC1. The van der Waals surface area contributed by atoms with E-state index in [9.17, 15) is 9.59 Å². The van der Waals surface area contributed by atoms with Crippen LogP contribution in [0.3, 0.4) is 0 Å². The van der Waals surface area contributed by atoms with E-state index in [1.54, 1.807) is 0 Å². The fourth-order valence-corrected chi connectivity index (χ4v) is 3.90. The van der Waals surface area contributed by atoms with Crippen molar-refractivity contribution < 1.29 is 9.59 Å². The Hall–Kier alpha value is -2.14. The second kappa shape index (κ2) is 7.62. The van der Waals surface area contributed by atoms with E-state index in [2.05, 4.69) is 32.6 Å². The van der Waals surface area contributed by atoms with Crippen LogP contribution in [0.4, 0.5) is 0 Å². The summed E-state index contributed by atoms with van der Waals surface area (Å²) in [6, 6.07) is 8.37. The van der Waals surface area contributed by atoms with Crippen molar-refractivity contribution in [3.05, 3.63) is 35.5 Å². The first-order valence-corrected chi connectivity index (χ1v) is 9.56. The summed E-state index contributed by atoms with van der Waals surface area (Å²) in [7, 11) is 0. The van der Waals surface area contributed by atoms with Gasteiger partial charge in [-0.3, -0.25) is 14.5 Å². The Balaban J connectivity index is 1.86. The van der Waals surface area contributed by atoms with Gasteiger partial charge in [-0.15, -0.1) is 0 Å². The summed E-state index contributed by atoms with van der Waals surface area (Å²) in [6.45, 7) is 12.1. The zero-order valence-corrected chi connectivity index (χ0v) is 16.2. The minimum Gasteiger partial charge on any atom is -0.337 e. The molecule has 1 aromatic heterocycles. The van der Waals surface area contributed by atoms with E-state index < -0.39 is 0 Å². The van der Waals surface area contributed by atoms with Crippen molar-refractivity contribution in [2.45, 2.75) is 46.2 Å². The molecule has 1 fully saturated rings. The summed E-state index contributed by atoms with van der Waals surface area (Å²) in [6.07, 6.45) is 1.89. The maximum Gasteiger partial charge on any atom is 0.253 e. The molecule has 2 aromatic rings. The molecular formula is C21H29N3O2. The van der Waals surface area contributed by atoms with Crippen molar-refractivity contribution >= 4 is 23.1 Å². The second-order valence-corrected chi connectivity index (χ2v) is 7.70. The number of carbonyl (C=O) groups is 2. The molecule has 2 heterocycles. The van der Waals surface area contributed by atoms with E-state index >= 15 is 0 Å². The number of hydrogen-bond donors (Lipinski definition) is 0. The summed E-state index contributed by atoms with van der Waals surface area (Å²) in [5.41, 5.74) is 2.36. The molecule has 1 aromatic carbocycles. The molecule has 0 unspecified atom stereocenters. The lowest BCUT2D eigenvalue weighted by molar-refractivity contribution is 0.0759. The lowest BCUT2D eigenvalue weighted by Crippen LogP contribution is -2.37. The van der Waals surface area contributed by atoms with Crippen LogP contribution in [-0.2, 0) is 0 Å². The largest absolute Gasteiger partial charge is 0.337 e. The number of nitrogens with zero attached hydrogens (tertiary/aromatic N) is 3. The molecule has 5 nitrogen and oxygen atoms in total. The molecule has 0 N–H and O–H groups in total.